The number of amides is 1. The maximum atomic E-state index is 12.3. The van der Waals surface area contributed by atoms with Crippen LogP contribution in [0.5, 0.6) is 17.2 Å². The molecule has 136 valence electrons. The molecule has 5 heteroatoms. The van der Waals surface area contributed by atoms with Crippen LogP contribution in [0.2, 0.25) is 0 Å². The molecule has 0 unspecified atom stereocenters. The summed E-state index contributed by atoms with van der Waals surface area (Å²) < 4.78 is 16.4. The molecule has 0 atom stereocenters. The van der Waals surface area contributed by atoms with Crippen molar-refractivity contribution in [2.75, 3.05) is 27.4 Å². The summed E-state index contributed by atoms with van der Waals surface area (Å²) in [5, 5.41) is 0. The fraction of sp³-hybridized carbons (Fsp3) is 0.286. The molecule has 0 spiro atoms. The molecule has 1 amide bonds. The third-order valence-electron chi connectivity index (χ3n) is 4.14. The van der Waals surface area contributed by atoms with E-state index in [1.807, 2.05) is 42.5 Å². The lowest BCUT2D eigenvalue weighted by molar-refractivity contribution is -0.125. The fourth-order valence-electron chi connectivity index (χ4n) is 2.66. The minimum absolute atomic E-state index is 0.0621. The second-order valence-corrected chi connectivity index (χ2v) is 6.13. The van der Waals surface area contributed by atoms with E-state index in [4.69, 9.17) is 14.2 Å². The van der Waals surface area contributed by atoms with E-state index in [-0.39, 0.29) is 5.91 Å². The van der Waals surface area contributed by atoms with Gasteiger partial charge < -0.3 is 19.1 Å². The summed E-state index contributed by atoms with van der Waals surface area (Å²) in [4.78, 5) is 14.0. The molecular weight excluding hydrogens is 330 g/mol. The number of carbonyl (C=O) groups excluding carboxylic acids is 1. The molecule has 1 aliphatic heterocycles. The third-order valence-corrected chi connectivity index (χ3v) is 4.14. The molecule has 26 heavy (non-hydrogen) atoms. The van der Waals surface area contributed by atoms with Gasteiger partial charge in [0.2, 0.25) is 5.91 Å². The number of hydrogen-bond acceptors (Lipinski definition) is 4. The first-order valence-electron chi connectivity index (χ1n) is 8.61. The van der Waals surface area contributed by atoms with Crippen molar-refractivity contribution in [1.82, 2.24) is 4.90 Å². The molecule has 0 radical (unpaired) electrons. The van der Waals surface area contributed by atoms with Crippen molar-refractivity contribution in [1.29, 1.82) is 0 Å². The van der Waals surface area contributed by atoms with Gasteiger partial charge in [-0.1, -0.05) is 18.2 Å². The second-order valence-electron chi connectivity index (χ2n) is 6.13. The van der Waals surface area contributed by atoms with Crippen molar-refractivity contribution in [3.05, 3.63) is 59.7 Å². The zero-order valence-electron chi connectivity index (χ0n) is 15.1. The molecule has 0 N–H and O–H groups in total. The lowest BCUT2D eigenvalue weighted by Gasteiger charge is -2.15. The van der Waals surface area contributed by atoms with Crippen molar-refractivity contribution in [3.8, 4) is 17.2 Å². The standard InChI is InChI=1S/C21H23NO4/c1-22(15-17-4-8-18(24-2)9-5-17)21(23)11-7-16-6-10-19-20(14-16)26-13-3-12-25-19/h4-11,14H,3,12-13,15H2,1-2H3. The Bertz CT molecular complexity index is 783. The highest BCUT2D eigenvalue weighted by Gasteiger charge is 2.10. The lowest BCUT2D eigenvalue weighted by atomic mass is 10.1. The normalized spacial score (nSPS) is 13.3. The Balaban J connectivity index is 1.62. The number of nitrogens with zero attached hydrogens (tertiary/aromatic N) is 1. The topological polar surface area (TPSA) is 48.0 Å². The van der Waals surface area contributed by atoms with Crippen molar-refractivity contribution in [2.24, 2.45) is 0 Å². The number of rotatable bonds is 5. The average Bonchev–Trinajstić information content (AvgIpc) is 2.91. The average molecular weight is 353 g/mol. The van der Waals surface area contributed by atoms with Gasteiger partial charge in [0.05, 0.1) is 20.3 Å². The van der Waals surface area contributed by atoms with Crippen LogP contribution in [0.25, 0.3) is 6.08 Å². The molecule has 1 heterocycles. The number of fused-ring (bicyclic) bond motifs is 1. The summed E-state index contributed by atoms with van der Waals surface area (Å²) in [5.74, 6) is 2.22. The Morgan fingerprint density at radius 2 is 1.85 bits per heavy atom. The number of methoxy groups -OCH3 is 1. The van der Waals surface area contributed by atoms with Gasteiger partial charge >= 0.3 is 0 Å². The summed E-state index contributed by atoms with van der Waals surface area (Å²) >= 11 is 0. The van der Waals surface area contributed by atoms with E-state index < -0.39 is 0 Å². The summed E-state index contributed by atoms with van der Waals surface area (Å²) in [6, 6.07) is 13.4. The fourth-order valence-corrected chi connectivity index (χ4v) is 2.66. The third kappa shape index (κ3) is 4.57. The summed E-state index contributed by atoms with van der Waals surface area (Å²) in [6.07, 6.45) is 4.23. The van der Waals surface area contributed by atoms with E-state index >= 15 is 0 Å². The van der Waals surface area contributed by atoms with Crippen LogP contribution in [-0.2, 0) is 11.3 Å². The van der Waals surface area contributed by atoms with E-state index in [9.17, 15) is 4.79 Å². The maximum absolute atomic E-state index is 12.3. The van der Waals surface area contributed by atoms with Crippen LogP contribution in [0.3, 0.4) is 0 Å². The highest BCUT2D eigenvalue weighted by molar-refractivity contribution is 5.91. The largest absolute Gasteiger partial charge is 0.497 e. The van der Waals surface area contributed by atoms with E-state index in [0.29, 0.717) is 19.8 Å². The lowest BCUT2D eigenvalue weighted by Crippen LogP contribution is -2.24. The number of hydrogen-bond donors (Lipinski definition) is 0. The molecule has 0 aliphatic carbocycles. The van der Waals surface area contributed by atoms with Crippen LogP contribution in [0.15, 0.2) is 48.5 Å². The van der Waals surface area contributed by atoms with Crippen LogP contribution in [-0.4, -0.2) is 38.2 Å². The smallest absolute Gasteiger partial charge is 0.246 e. The quantitative estimate of drug-likeness (QED) is 0.772. The van der Waals surface area contributed by atoms with Crippen LogP contribution in [0.1, 0.15) is 17.5 Å². The van der Waals surface area contributed by atoms with Gasteiger partial charge in [-0.2, -0.15) is 0 Å². The van der Waals surface area contributed by atoms with E-state index in [0.717, 1.165) is 34.8 Å². The Hall–Kier alpha value is -2.95. The summed E-state index contributed by atoms with van der Waals surface area (Å²) in [7, 11) is 3.42. The molecule has 5 nitrogen and oxygen atoms in total. The molecule has 0 bridgehead atoms. The van der Waals surface area contributed by atoms with Gasteiger partial charge in [-0.15, -0.1) is 0 Å². The van der Waals surface area contributed by atoms with Crippen LogP contribution in [0, 0.1) is 0 Å². The van der Waals surface area contributed by atoms with Crippen LogP contribution >= 0.6 is 0 Å². The van der Waals surface area contributed by atoms with Gasteiger partial charge in [-0.3, -0.25) is 4.79 Å². The highest BCUT2D eigenvalue weighted by Crippen LogP contribution is 2.30. The molecule has 0 saturated heterocycles. The van der Waals surface area contributed by atoms with Crippen LogP contribution < -0.4 is 14.2 Å². The first-order chi connectivity index (χ1) is 12.7. The van der Waals surface area contributed by atoms with E-state index in [1.54, 1.807) is 31.2 Å². The Morgan fingerprint density at radius 1 is 1.12 bits per heavy atom. The van der Waals surface area contributed by atoms with E-state index in [1.165, 1.54) is 0 Å². The molecule has 0 fully saturated rings. The van der Waals surface area contributed by atoms with Crippen molar-refractivity contribution >= 4 is 12.0 Å². The molecule has 2 aromatic rings. The van der Waals surface area contributed by atoms with Gasteiger partial charge in [0.1, 0.15) is 5.75 Å². The molecule has 2 aromatic carbocycles. The van der Waals surface area contributed by atoms with E-state index in [2.05, 4.69) is 0 Å². The van der Waals surface area contributed by atoms with Gasteiger partial charge in [0.15, 0.2) is 11.5 Å². The summed E-state index contributed by atoms with van der Waals surface area (Å²) in [5.41, 5.74) is 1.95. The first kappa shape index (κ1) is 17.9. The van der Waals surface area contributed by atoms with Crippen molar-refractivity contribution in [3.63, 3.8) is 0 Å². The Morgan fingerprint density at radius 3 is 2.58 bits per heavy atom. The number of likely N-dealkylation sites (N-methyl/N-ethyl adjacent to an activating group) is 1. The Labute approximate surface area is 153 Å². The van der Waals surface area contributed by atoms with Gasteiger partial charge in [0, 0.05) is 26.1 Å². The van der Waals surface area contributed by atoms with Crippen molar-refractivity contribution < 1.29 is 19.0 Å². The zero-order valence-corrected chi connectivity index (χ0v) is 15.1. The Kier molecular flexibility index (Phi) is 5.79. The van der Waals surface area contributed by atoms with Gasteiger partial charge in [0.25, 0.3) is 0 Å². The highest BCUT2D eigenvalue weighted by atomic mass is 16.5. The van der Waals surface area contributed by atoms with Gasteiger partial charge in [-0.05, 0) is 41.5 Å². The first-order valence-corrected chi connectivity index (χ1v) is 8.61. The molecule has 0 saturated carbocycles. The summed E-state index contributed by atoms with van der Waals surface area (Å²) in [6.45, 7) is 1.84. The molecule has 0 aromatic heterocycles. The monoisotopic (exact) mass is 353 g/mol. The molecule has 1 aliphatic rings. The number of benzene rings is 2. The molecule has 3 rings (SSSR count). The predicted octanol–water partition coefficient (Wildman–Crippen LogP) is 3.53. The minimum atomic E-state index is -0.0621. The van der Waals surface area contributed by atoms with Crippen molar-refractivity contribution in [2.45, 2.75) is 13.0 Å². The second kappa shape index (κ2) is 8.43. The number of ether oxygens (including phenoxy) is 3. The zero-order chi connectivity index (χ0) is 18.4. The SMILES string of the molecule is COc1ccc(CN(C)C(=O)C=Cc2ccc3c(c2)OCCCO3)cc1. The van der Waals surface area contributed by atoms with Gasteiger partial charge in [-0.25, -0.2) is 0 Å². The number of carbonyl (C=O) groups is 1. The maximum Gasteiger partial charge on any atom is 0.246 e. The molecular formula is C21H23NO4. The van der Waals surface area contributed by atoms with Crippen LogP contribution in [0.4, 0.5) is 0 Å². The predicted molar refractivity (Wildman–Crippen MR) is 101 cm³/mol. The minimum Gasteiger partial charge on any atom is -0.497 e.